The quantitative estimate of drug-likeness (QED) is 0.366. The minimum atomic E-state index is -4.29. The van der Waals surface area contributed by atoms with Crippen molar-refractivity contribution < 1.29 is 36.9 Å². The van der Waals surface area contributed by atoms with Crippen molar-refractivity contribution in [1.29, 1.82) is 0 Å². The number of hydrogen-bond donors (Lipinski definition) is 1. The fourth-order valence-electron chi connectivity index (χ4n) is 3.79. The molecule has 0 aliphatic heterocycles. The van der Waals surface area contributed by atoms with Gasteiger partial charge in [-0.15, -0.1) is 0 Å². The number of ether oxygens (including phenoxy) is 5. The van der Waals surface area contributed by atoms with Crippen LogP contribution in [0.3, 0.4) is 0 Å². The maximum absolute atomic E-state index is 14.0. The van der Waals surface area contributed by atoms with Crippen LogP contribution in [0.15, 0.2) is 65.6 Å². The number of rotatable bonds is 12. The fourth-order valence-corrected chi connectivity index (χ4v) is 5.23. The summed E-state index contributed by atoms with van der Waals surface area (Å²) in [6, 6.07) is 15.7. The zero-order valence-corrected chi connectivity index (χ0v) is 23.0. The first-order chi connectivity index (χ1) is 18.2. The Kier molecular flexibility index (Phi) is 9.30. The van der Waals surface area contributed by atoms with Gasteiger partial charge in [-0.05, 0) is 48.9 Å². The van der Waals surface area contributed by atoms with Gasteiger partial charge in [0.15, 0.2) is 11.5 Å². The van der Waals surface area contributed by atoms with Gasteiger partial charge in [0.2, 0.25) is 5.91 Å². The van der Waals surface area contributed by atoms with Gasteiger partial charge in [-0.1, -0.05) is 12.1 Å². The smallest absolute Gasteiger partial charge is 0.265 e. The lowest BCUT2D eigenvalue weighted by Gasteiger charge is -2.27. The number of hydrogen-bond acceptors (Lipinski definition) is 8. The Balaban J connectivity index is 2.02. The standard InChI is InChI=1S/C27H32N2O8S/c1-18(19-7-9-20(33-2)10-8-19)28-27(30)17-29(23-15-21(34-3)11-13-24(23)35-4)38(31,32)22-12-14-25(36-5)26(16-22)37-6/h7-16,18H,17H2,1-6H3,(H,28,30). The molecule has 3 rings (SSSR count). The Morgan fingerprint density at radius 1 is 0.763 bits per heavy atom. The molecule has 0 spiro atoms. The van der Waals surface area contributed by atoms with Crippen LogP contribution in [0, 0.1) is 0 Å². The first kappa shape index (κ1) is 28.5. The van der Waals surface area contributed by atoms with Gasteiger partial charge >= 0.3 is 0 Å². The molecule has 204 valence electrons. The molecule has 0 bridgehead atoms. The minimum Gasteiger partial charge on any atom is -0.497 e. The van der Waals surface area contributed by atoms with E-state index in [1.54, 1.807) is 38.3 Å². The molecular weight excluding hydrogens is 512 g/mol. The summed E-state index contributed by atoms with van der Waals surface area (Å²) in [5.41, 5.74) is 0.960. The lowest BCUT2D eigenvalue weighted by Crippen LogP contribution is -2.41. The Hall–Kier alpha value is -4.12. The highest BCUT2D eigenvalue weighted by molar-refractivity contribution is 7.92. The molecule has 0 fully saturated rings. The van der Waals surface area contributed by atoms with Crippen LogP contribution in [0.1, 0.15) is 18.5 Å². The summed E-state index contributed by atoms with van der Waals surface area (Å²) in [4.78, 5) is 13.1. The number of nitrogens with zero attached hydrogens (tertiary/aromatic N) is 1. The average Bonchev–Trinajstić information content (AvgIpc) is 2.94. The van der Waals surface area contributed by atoms with E-state index in [4.69, 9.17) is 23.7 Å². The van der Waals surface area contributed by atoms with E-state index in [1.807, 2.05) is 12.1 Å². The molecule has 1 N–H and O–H groups in total. The summed E-state index contributed by atoms with van der Waals surface area (Å²) >= 11 is 0. The van der Waals surface area contributed by atoms with Crippen LogP contribution >= 0.6 is 0 Å². The number of carbonyl (C=O) groups is 1. The molecule has 0 saturated heterocycles. The van der Waals surface area contributed by atoms with E-state index >= 15 is 0 Å². The molecule has 3 aromatic rings. The van der Waals surface area contributed by atoms with E-state index in [0.29, 0.717) is 17.2 Å². The van der Waals surface area contributed by atoms with Gasteiger partial charge < -0.3 is 29.0 Å². The summed E-state index contributed by atoms with van der Waals surface area (Å²) in [6.07, 6.45) is 0. The normalized spacial score (nSPS) is 11.7. The first-order valence-electron chi connectivity index (χ1n) is 11.6. The lowest BCUT2D eigenvalue weighted by molar-refractivity contribution is -0.120. The fraction of sp³-hybridized carbons (Fsp3) is 0.296. The minimum absolute atomic E-state index is 0.101. The van der Waals surface area contributed by atoms with Crippen molar-refractivity contribution in [3.63, 3.8) is 0 Å². The molecule has 1 amide bonds. The molecule has 0 aliphatic carbocycles. The van der Waals surface area contributed by atoms with Crippen molar-refractivity contribution in [1.82, 2.24) is 5.32 Å². The van der Waals surface area contributed by atoms with Crippen LogP contribution < -0.4 is 33.3 Å². The van der Waals surface area contributed by atoms with Gasteiger partial charge in [0.1, 0.15) is 23.8 Å². The van der Waals surface area contributed by atoms with E-state index in [0.717, 1.165) is 9.87 Å². The van der Waals surface area contributed by atoms with Crippen LogP contribution in [-0.4, -0.2) is 56.4 Å². The van der Waals surface area contributed by atoms with Gasteiger partial charge in [-0.3, -0.25) is 9.10 Å². The van der Waals surface area contributed by atoms with Crippen LogP contribution in [0.4, 0.5) is 5.69 Å². The molecule has 11 heteroatoms. The molecule has 0 radical (unpaired) electrons. The molecule has 3 aromatic carbocycles. The highest BCUT2D eigenvalue weighted by atomic mass is 32.2. The predicted octanol–water partition coefficient (Wildman–Crippen LogP) is 3.80. The second-order valence-electron chi connectivity index (χ2n) is 8.13. The number of carbonyl (C=O) groups excluding carboxylic acids is 1. The molecule has 38 heavy (non-hydrogen) atoms. The molecule has 10 nitrogen and oxygen atoms in total. The summed E-state index contributed by atoms with van der Waals surface area (Å²) in [5.74, 6) is 1.38. The van der Waals surface area contributed by atoms with E-state index in [2.05, 4.69) is 5.32 Å². The average molecular weight is 545 g/mol. The summed E-state index contributed by atoms with van der Waals surface area (Å²) in [6.45, 7) is 1.28. The van der Waals surface area contributed by atoms with Crippen LogP contribution in [0.2, 0.25) is 0 Å². The Morgan fingerprint density at radius 3 is 1.92 bits per heavy atom. The first-order valence-corrected chi connectivity index (χ1v) is 13.0. The maximum Gasteiger partial charge on any atom is 0.265 e. The molecule has 0 aromatic heterocycles. The predicted molar refractivity (Wildman–Crippen MR) is 143 cm³/mol. The van der Waals surface area contributed by atoms with Gasteiger partial charge in [0.05, 0.1) is 52.2 Å². The largest absolute Gasteiger partial charge is 0.497 e. The highest BCUT2D eigenvalue weighted by Gasteiger charge is 2.31. The number of anilines is 1. The van der Waals surface area contributed by atoms with Gasteiger partial charge in [0, 0.05) is 12.1 Å². The van der Waals surface area contributed by atoms with Gasteiger partial charge in [-0.25, -0.2) is 8.42 Å². The zero-order chi connectivity index (χ0) is 27.9. The summed E-state index contributed by atoms with van der Waals surface area (Å²) in [7, 11) is 3.02. The Bertz CT molecular complexity index is 1360. The number of sulfonamides is 1. The van der Waals surface area contributed by atoms with Gasteiger partial charge in [0.25, 0.3) is 10.0 Å². The zero-order valence-electron chi connectivity index (χ0n) is 22.2. The lowest BCUT2D eigenvalue weighted by atomic mass is 10.1. The maximum atomic E-state index is 14.0. The van der Waals surface area contributed by atoms with E-state index in [9.17, 15) is 13.2 Å². The van der Waals surface area contributed by atoms with Crippen molar-refractivity contribution in [3.05, 3.63) is 66.2 Å². The molecule has 0 aliphatic rings. The van der Waals surface area contributed by atoms with E-state index in [-0.39, 0.29) is 22.1 Å². The van der Waals surface area contributed by atoms with Crippen molar-refractivity contribution in [2.75, 3.05) is 46.4 Å². The molecule has 0 heterocycles. The summed E-state index contributed by atoms with van der Waals surface area (Å²) in [5, 5.41) is 2.86. The second kappa shape index (κ2) is 12.4. The third-order valence-corrected chi connectivity index (χ3v) is 7.63. The van der Waals surface area contributed by atoms with E-state index in [1.165, 1.54) is 52.7 Å². The number of nitrogens with one attached hydrogen (secondary N) is 1. The van der Waals surface area contributed by atoms with Crippen molar-refractivity contribution in [3.8, 4) is 28.7 Å². The molecule has 0 saturated carbocycles. The topological polar surface area (TPSA) is 113 Å². The third-order valence-electron chi connectivity index (χ3n) is 5.88. The van der Waals surface area contributed by atoms with Crippen molar-refractivity contribution in [2.45, 2.75) is 17.9 Å². The number of amides is 1. The monoisotopic (exact) mass is 544 g/mol. The van der Waals surface area contributed by atoms with Crippen LogP contribution in [0.5, 0.6) is 28.7 Å². The van der Waals surface area contributed by atoms with Crippen LogP contribution in [0.25, 0.3) is 0 Å². The second-order valence-corrected chi connectivity index (χ2v) is 9.99. The third kappa shape index (κ3) is 6.23. The SMILES string of the molecule is COc1ccc(C(C)NC(=O)CN(c2cc(OC)ccc2OC)S(=O)(=O)c2ccc(OC)c(OC)c2)cc1. The Morgan fingerprint density at radius 2 is 1.34 bits per heavy atom. The molecular formula is C27H32N2O8S. The Labute approximate surface area is 223 Å². The van der Waals surface area contributed by atoms with Crippen LogP contribution in [-0.2, 0) is 14.8 Å². The number of benzene rings is 3. The molecule has 1 atom stereocenters. The number of methoxy groups -OCH3 is 5. The van der Waals surface area contributed by atoms with Gasteiger partial charge in [-0.2, -0.15) is 0 Å². The van der Waals surface area contributed by atoms with E-state index < -0.39 is 28.5 Å². The summed E-state index contributed by atoms with van der Waals surface area (Å²) < 4.78 is 55.4. The van der Waals surface area contributed by atoms with Crippen molar-refractivity contribution in [2.24, 2.45) is 0 Å². The highest BCUT2D eigenvalue weighted by Crippen LogP contribution is 2.37. The molecule has 1 unspecified atom stereocenters. The van der Waals surface area contributed by atoms with Crippen molar-refractivity contribution >= 4 is 21.6 Å².